The second-order valence-corrected chi connectivity index (χ2v) is 13.7. The second kappa shape index (κ2) is 11.8. The van der Waals surface area contributed by atoms with E-state index in [0.29, 0.717) is 0 Å². The summed E-state index contributed by atoms with van der Waals surface area (Å²) in [6.45, 7) is 0. The zero-order valence-electron chi connectivity index (χ0n) is 27.7. The molecule has 0 amide bonds. The van der Waals surface area contributed by atoms with Crippen molar-refractivity contribution in [3.05, 3.63) is 203 Å². The molecule has 3 aliphatic carbocycles. The molecule has 238 valence electrons. The molecule has 0 saturated heterocycles. The van der Waals surface area contributed by atoms with Crippen LogP contribution in [0, 0.1) is 0 Å². The molecule has 0 radical (unpaired) electrons. The van der Waals surface area contributed by atoms with E-state index in [1.165, 1.54) is 65.6 Å². The fourth-order valence-electron chi connectivity index (χ4n) is 8.63. The maximum atomic E-state index is 3.81. The SMILES string of the molecule is C1=CC(n2c3ccccc3c3ccccc32)CC=C1c1ccc(Nc2ccccc2C2C=c3ccccc3=C3C=Cc4ccccc4C32)cc1. The van der Waals surface area contributed by atoms with Crippen LogP contribution in [0.15, 0.2) is 170 Å². The molecule has 2 nitrogen and oxygen atoms in total. The normalized spacial score (nSPS) is 19.0. The van der Waals surface area contributed by atoms with Crippen LogP contribution in [-0.2, 0) is 0 Å². The van der Waals surface area contributed by atoms with E-state index in [-0.39, 0.29) is 17.9 Å². The van der Waals surface area contributed by atoms with Gasteiger partial charge in [-0.15, -0.1) is 0 Å². The first-order valence-corrected chi connectivity index (χ1v) is 17.7. The monoisotopic (exact) mass is 640 g/mol. The summed E-state index contributed by atoms with van der Waals surface area (Å²) >= 11 is 0. The smallest absolute Gasteiger partial charge is 0.0560 e. The van der Waals surface area contributed by atoms with Gasteiger partial charge in [0.1, 0.15) is 0 Å². The Labute approximate surface area is 292 Å². The lowest BCUT2D eigenvalue weighted by molar-refractivity contribution is 0.649. The highest BCUT2D eigenvalue weighted by Gasteiger charge is 2.33. The number of benzene rings is 6. The number of hydrogen-bond acceptors (Lipinski definition) is 1. The van der Waals surface area contributed by atoms with Crippen molar-refractivity contribution < 1.29 is 0 Å². The molecule has 1 heterocycles. The number of hydrogen-bond donors (Lipinski definition) is 1. The quantitative estimate of drug-likeness (QED) is 0.198. The van der Waals surface area contributed by atoms with Crippen LogP contribution in [0.4, 0.5) is 11.4 Å². The van der Waals surface area contributed by atoms with Gasteiger partial charge in [0.15, 0.2) is 0 Å². The van der Waals surface area contributed by atoms with Crippen molar-refractivity contribution >= 4 is 56.5 Å². The van der Waals surface area contributed by atoms with Crippen LogP contribution in [0.25, 0.3) is 45.1 Å². The molecule has 1 aromatic heterocycles. The molecule has 3 unspecified atom stereocenters. The third-order valence-electron chi connectivity index (χ3n) is 10.9. The maximum absolute atomic E-state index is 3.81. The predicted octanol–water partition coefficient (Wildman–Crippen LogP) is 10.7. The van der Waals surface area contributed by atoms with Crippen LogP contribution in [-0.4, -0.2) is 4.57 Å². The summed E-state index contributed by atoms with van der Waals surface area (Å²) in [4.78, 5) is 0. The van der Waals surface area contributed by atoms with Crippen LogP contribution < -0.4 is 15.8 Å². The molecule has 7 aromatic rings. The van der Waals surface area contributed by atoms with Gasteiger partial charge in [-0.1, -0.05) is 152 Å². The Morgan fingerprint density at radius 3 is 2.04 bits per heavy atom. The fraction of sp³-hybridized carbons (Fsp3) is 0.0833. The lowest BCUT2D eigenvalue weighted by atomic mass is 9.69. The number of para-hydroxylation sites is 3. The van der Waals surface area contributed by atoms with E-state index >= 15 is 0 Å². The van der Waals surface area contributed by atoms with Crippen molar-refractivity contribution in [1.29, 1.82) is 0 Å². The summed E-state index contributed by atoms with van der Waals surface area (Å²) in [6.07, 6.45) is 15.1. The maximum Gasteiger partial charge on any atom is 0.0560 e. The molecule has 50 heavy (non-hydrogen) atoms. The van der Waals surface area contributed by atoms with E-state index in [4.69, 9.17) is 0 Å². The van der Waals surface area contributed by atoms with Gasteiger partial charge in [-0.05, 0) is 80.6 Å². The molecule has 0 fully saturated rings. The predicted molar refractivity (Wildman–Crippen MR) is 211 cm³/mol. The Hall–Kier alpha value is -6.12. The van der Waals surface area contributed by atoms with E-state index in [2.05, 4.69) is 192 Å². The summed E-state index contributed by atoms with van der Waals surface area (Å²) < 4.78 is 2.50. The summed E-state index contributed by atoms with van der Waals surface area (Å²) in [5.41, 5.74) is 12.8. The summed E-state index contributed by atoms with van der Waals surface area (Å²) in [5.74, 6) is 0.460. The average Bonchev–Trinajstić information content (AvgIpc) is 3.52. The molecule has 3 aliphatic rings. The van der Waals surface area contributed by atoms with Gasteiger partial charge in [-0.3, -0.25) is 0 Å². The van der Waals surface area contributed by atoms with Crippen LogP contribution in [0.5, 0.6) is 0 Å². The zero-order valence-corrected chi connectivity index (χ0v) is 27.7. The molecule has 0 spiro atoms. The minimum Gasteiger partial charge on any atom is -0.355 e. The number of rotatable bonds is 5. The van der Waals surface area contributed by atoms with Crippen molar-refractivity contribution in [3.8, 4) is 0 Å². The van der Waals surface area contributed by atoms with Gasteiger partial charge in [0.05, 0.1) is 6.04 Å². The standard InChI is InChI=1S/C48H36N2/c1-4-14-39-34(11-1)25-30-43-38-13-3-2-12-35(38)31-44(48(39)43)40-15-5-8-18-45(40)49-36-26-21-32(22-27-36)33-23-28-37(29-24-33)50-46-19-9-6-16-41(46)42-17-7-10-20-47(42)50/h1-28,30-31,37,44,48-49H,29H2. The lowest BCUT2D eigenvalue weighted by Crippen LogP contribution is -2.35. The third-order valence-corrected chi connectivity index (χ3v) is 10.9. The Morgan fingerprint density at radius 1 is 0.580 bits per heavy atom. The molecule has 6 aromatic carbocycles. The first-order chi connectivity index (χ1) is 24.8. The molecule has 0 saturated carbocycles. The van der Waals surface area contributed by atoms with Crippen LogP contribution in [0.1, 0.15) is 46.6 Å². The largest absolute Gasteiger partial charge is 0.355 e. The van der Waals surface area contributed by atoms with E-state index in [1.54, 1.807) is 0 Å². The Bertz CT molecular complexity index is 2610. The highest BCUT2D eigenvalue weighted by Crippen LogP contribution is 2.47. The third kappa shape index (κ3) is 4.71. The molecule has 1 N–H and O–H groups in total. The van der Waals surface area contributed by atoms with E-state index in [0.717, 1.165) is 17.8 Å². The topological polar surface area (TPSA) is 17.0 Å². The lowest BCUT2D eigenvalue weighted by Gasteiger charge is -2.34. The number of nitrogens with zero attached hydrogens (tertiary/aromatic N) is 1. The van der Waals surface area contributed by atoms with Gasteiger partial charge in [0.2, 0.25) is 0 Å². The van der Waals surface area contributed by atoms with Gasteiger partial charge in [-0.25, -0.2) is 0 Å². The number of nitrogens with one attached hydrogen (secondary N) is 1. The number of fused-ring (bicyclic) bond motifs is 7. The molecule has 3 atom stereocenters. The Balaban J connectivity index is 0.937. The molecule has 2 heteroatoms. The number of aromatic nitrogens is 1. The van der Waals surface area contributed by atoms with Gasteiger partial charge < -0.3 is 9.88 Å². The van der Waals surface area contributed by atoms with Gasteiger partial charge in [-0.2, -0.15) is 0 Å². The van der Waals surface area contributed by atoms with E-state index < -0.39 is 0 Å². The highest BCUT2D eigenvalue weighted by molar-refractivity contribution is 6.08. The van der Waals surface area contributed by atoms with E-state index in [1.807, 2.05) is 0 Å². The molecule has 0 bridgehead atoms. The van der Waals surface area contributed by atoms with Crippen molar-refractivity contribution in [1.82, 2.24) is 4.57 Å². The summed E-state index contributed by atoms with van der Waals surface area (Å²) in [5, 5.41) is 9.10. The van der Waals surface area contributed by atoms with Gasteiger partial charge in [0, 0.05) is 45.0 Å². The first-order valence-electron chi connectivity index (χ1n) is 17.7. The van der Waals surface area contributed by atoms with E-state index in [9.17, 15) is 0 Å². The van der Waals surface area contributed by atoms with Crippen LogP contribution >= 0.6 is 0 Å². The average molecular weight is 641 g/mol. The van der Waals surface area contributed by atoms with Crippen molar-refractivity contribution in [3.63, 3.8) is 0 Å². The molecular formula is C48H36N2. The second-order valence-electron chi connectivity index (χ2n) is 13.7. The van der Waals surface area contributed by atoms with Crippen LogP contribution in [0.2, 0.25) is 0 Å². The summed E-state index contributed by atoms with van der Waals surface area (Å²) in [7, 11) is 0. The van der Waals surface area contributed by atoms with Crippen molar-refractivity contribution in [2.24, 2.45) is 0 Å². The number of allylic oxidation sites excluding steroid dienone is 5. The van der Waals surface area contributed by atoms with Crippen molar-refractivity contribution in [2.45, 2.75) is 24.3 Å². The molecular weight excluding hydrogens is 605 g/mol. The molecule has 0 aliphatic heterocycles. The fourth-order valence-corrected chi connectivity index (χ4v) is 8.63. The van der Waals surface area contributed by atoms with Gasteiger partial charge in [0.25, 0.3) is 0 Å². The zero-order chi connectivity index (χ0) is 33.0. The Kier molecular flexibility index (Phi) is 6.80. The summed E-state index contributed by atoms with van der Waals surface area (Å²) in [6, 6.07) is 53.3. The highest BCUT2D eigenvalue weighted by atomic mass is 15.0. The number of anilines is 2. The first kappa shape index (κ1) is 28.9. The Morgan fingerprint density at radius 2 is 1.26 bits per heavy atom. The van der Waals surface area contributed by atoms with Crippen molar-refractivity contribution in [2.75, 3.05) is 5.32 Å². The van der Waals surface area contributed by atoms with Gasteiger partial charge >= 0.3 is 0 Å². The van der Waals surface area contributed by atoms with Crippen LogP contribution in [0.3, 0.4) is 0 Å². The minimum atomic E-state index is 0.203. The minimum absolute atomic E-state index is 0.203. The molecule has 10 rings (SSSR count).